The van der Waals surface area contributed by atoms with Crippen molar-refractivity contribution in [1.82, 2.24) is 4.31 Å². The van der Waals surface area contributed by atoms with Crippen LogP contribution in [0, 0.1) is 0 Å². The lowest BCUT2D eigenvalue weighted by atomic mass is 10.6. The molecule has 0 amide bonds. The molecule has 0 aliphatic heterocycles. The minimum absolute atomic E-state index is 1.11. The Bertz CT molecular complexity index is 80.6. The molecule has 0 spiro atoms. The number of nitrogens with zero attached hydrogens (tertiary/aromatic N) is 1. The van der Waals surface area contributed by atoms with E-state index in [2.05, 4.69) is 17.8 Å². The average molecular weight is 131 g/mol. The molecule has 0 N–H and O–H groups in total. The topological polar surface area (TPSA) is 3.24 Å². The van der Waals surface area contributed by atoms with Gasteiger partial charge < -0.3 is 4.31 Å². The van der Waals surface area contributed by atoms with Crippen molar-refractivity contribution in [1.29, 1.82) is 0 Å². The average Bonchev–Trinajstić information content (AvgIpc) is 1.67. The van der Waals surface area contributed by atoms with Crippen LogP contribution >= 0.6 is 11.9 Å². The van der Waals surface area contributed by atoms with Crippen molar-refractivity contribution in [3.05, 3.63) is 12.3 Å². The normalized spacial score (nSPS) is 8.88. The third-order valence-electron chi connectivity index (χ3n) is 0.860. The highest BCUT2D eigenvalue weighted by molar-refractivity contribution is 7.97. The maximum atomic E-state index is 3.78. The molecule has 0 atom stereocenters. The summed E-state index contributed by atoms with van der Waals surface area (Å²) in [4.78, 5) is 0. The van der Waals surface area contributed by atoms with Gasteiger partial charge >= 0.3 is 0 Å². The number of allylic oxidation sites excluding steroid dienone is 1. The van der Waals surface area contributed by atoms with Crippen LogP contribution in [-0.2, 0) is 0 Å². The zero-order valence-corrected chi connectivity index (χ0v) is 6.59. The van der Waals surface area contributed by atoms with Gasteiger partial charge in [0.1, 0.15) is 0 Å². The van der Waals surface area contributed by atoms with E-state index in [1.54, 1.807) is 11.9 Å². The van der Waals surface area contributed by atoms with Crippen molar-refractivity contribution in [2.24, 2.45) is 0 Å². The van der Waals surface area contributed by atoms with Crippen LogP contribution < -0.4 is 0 Å². The number of hydrogen-bond donors (Lipinski definition) is 0. The lowest BCUT2D eigenvalue weighted by Gasteiger charge is -2.14. The molecule has 0 aliphatic carbocycles. The lowest BCUT2D eigenvalue weighted by molar-refractivity contribution is 0.707. The molecule has 0 saturated carbocycles. The molecule has 0 unspecified atom stereocenters. The highest BCUT2D eigenvalue weighted by Crippen LogP contribution is 2.10. The summed E-state index contributed by atoms with van der Waals surface area (Å²) < 4.78 is 2.07. The van der Waals surface area contributed by atoms with Crippen LogP contribution in [0.2, 0.25) is 0 Å². The minimum Gasteiger partial charge on any atom is -0.324 e. The van der Waals surface area contributed by atoms with Gasteiger partial charge in [0.15, 0.2) is 0 Å². The first kappa shape index (κ1) is 7.89. The summed E-state index contributed by atoms with van der Waals surface area (Å²) in [5.41, 5.74) is 1.11. The van der Waals surface area contributed by atoms with Gasteiger partial charge in [-0.3, -0.25) is 0 Å². The second-order valence-electron chi connectivity index (χ2n) is 1.65. The zero-order valence-electron chi connectivity index (χ0n) is 5.77. The van der Waals surface area contributed by atoms with Gasteiger partial charge in [-0.15, -0.1) is 0 Å². The first-order chi connectivity index (χ1) is 3.68. The molecular weight excluding hydrogens is 118 g/mol. The van der Waals surface area contributed by atoms with Crippen molar-refractivity contribution in [3.8, 4) is 0 Å². The van der Waals surface area contributed by atoms with E-state index in [1.807, 2.05) is 14.0 Å². The summed E-state index contributed by atoms with van der Waals surface area (Å²) in [7, 11) is 2.02. The van der Waals surface area contributed by atoms with Gasteiger partial charge in [0, 0.05) is 18.5 Å². The molecule has 0 aliphatic rings. The van der Waals surface area contributed by atoms with Crippen LogP contribution in [0.25, 0.3) is 0 Å². The Morgan fingerprint density at radius 3 is 2.38 bits per heavy atom. The quantitative estimate of drug-likeness (QED) is 0.540. The fourth-order valence-corrected chi connectivity index (χ4v) is 0.912. The van der Waals surface area contributed by atoms with Crippen LogP contribution in [0.3, 0.4) is 0 Å². The number of rotatable bonds is 3. The van der Waals surface area contributed by atoms with Gasteiger partial charge in [-0.2, -0.15) is 0 Å². The van der Waals surface area contributed by atoms with E-state index < -0.39 is 0 Å². The Kier molecular flexibility index (Phi) is 3.79. The summed E-state index contributed by atoms with van der Waals surface area (Å²) in [6.45, 7) is 7.91. The lowest BCUT2D eigenvalue weighted by Crippen LogP contribution is -2.04. The van der Waals surface area contributed by atoms with Gasteiger partial charge in [0.05, 0.1) is 0 Å². The van der Waals surface area contributed by atoms with Crippen molar-refractivity contribution in [3.63, 3.8) is 0 Å². The SMILES string of the molecule is C=C(C)N(C)SCC. The fraction of sp³-hybridized carbons (Fsp3) is 0.667. The highest BCUT2D eigenvalue weighted by atomic mass is 32.2. The Balaban J connectivity index is 3.32. The highest BCUT2D eigenvalue weighted by Gasteiger charge is 1.91. The van der Waals surface area contributed by atoms with Gasteiger partial charge in [-0.05, 0) is 6.92 Å². The predicted molar refractivity (Wildman–Crippen MR) is 40.7 cm³/mol. The zero-order chi connectivity index (χ0) is 6.57. The summed E-state index contributed by atoms with van der Waals surface area (Å²) in [6.07, 6.45) is 0. The molecule has 0 rings (SSSR count). The molecule has 1 nitrogen and oxygen atoms in total. The molecule has 2 heteroatoms. The monoisotopic (exact) mass is 131 g/mol. The van der Waals surface area contributed by atoms with Crippen LogP contribution in [0.5, 0.6) is 0 Å². The first-order valence-corrected chi connectivity index (χ1v) is 3.65. The van der Waals surface area contributed by atoms with E-state index >= 15 is 0 Å². The molecular formula is C6H13NS. The first-order valence-electron chi connectivity index (χ1n) is 2.70. The maximum absolute atomic E-state index is 3.78. The van der Waals surface area contributed by atoms with Gasteiger partial charge in [0.25, 0.3) is 0 Å². The molecule has 8 heavy (non-hydrogen) atoms. The molecule has 0 radical (unpaired) electrons. The van der Waals surface area contributed by atoms with Crippen molar-refractivity contribution < 1.29 is 0 Å². The number of hydrogen-bond acceptors (Lipinski definition) is 2. The van der Waals surface area contributed by atoms with E-state index in [4.69, 9.17) is 0 Å². The summed E-state index contributed by atoms with van der Waals surface area (Å²) in [5, 5.41) is 0. The second kappa shape index (κ2) is 3.84. The maximum Gasteiger partial charge on any atom is 0.0179 e. The van der Waals surface area contributed by atoms with Crippen LogP contribution in [0.15, 0.2) is 12.3 Å². The molecule has 0 saturated heterocycles. The van der Waals surface area contributed by atoms with E-state index in [9.17, 15) is 0 Å². The largest absolute Gasteiger partial charge is 0.324 e. The smallest absolute Gasteiger partial charge is 0.0179 e. The molecule has 0 bridgehead atoms. The van der Waals surface area contributed by atoms with Gasteiger partial charge in [-0.25, -0.2) is 0 Å². The Morgan fingerprint density at radius 1 is 1.75 bits per heavy atom. The predicted octanol–water partition coefficient (Wildman–Crippen LogP) is 2.12. The molecule has 0 heterocycles. The van der Waals surface area contributed by atoms with Crippen molar-refractivity contribution in [2.75, 3.05) is 12.8 Å². The van der Waals surface area contributed by atoms with E-state index in [0.29, 0.717) is 0 Å². The summed E-state index contributed by atoms with van der Waals surface area (Å²) in [6, 6.07) is 0. The standard InChI is InChI=1S/C6H13NS/c1-5-8-7(4)6(2)3/h2,5H2,1,3-4H3. The summed E-state index contributed by atoms with van der Waals surface area (Å²) >= 11 is 1.77. The van der Waals surface area contributed by atoms with Crippen LogP contribution in [0.1, 0.15) is 13.8 Å². The second-order valence-corrected chi connectivity index (χ2v) is 3.03. The minimum atomic E-state index is 1.11. The Labute approximate surface area is 55.9 Å². The molecule has 0 aromatic carbocycles. The van der Waals surface area contributed by atoms with Crippen LogP contribution in [-0.4, -0.2) is 17.1 Å². The summed E-state index contributed by atoms with van der Waals surface area (Å²) in [5.74, 6) is 1.11. The third kappa shape index (κ3) is 2.97. The Hall–Kier alpha value is -0.110. The third-order valence-corrected chi connectivity index (χ3v) is 1.82. The molecule has 48 valence electrons. The van der Waals surface area contributed by atoms with Crippen molar-refractivity contribution in [2.45, 2.75) is 13.8 Å². The van der Waals surface area contributed by atoms with Crippen LogP contribution in [0.4, 0.5) is 0 Å². The molecule has 0 aromatic rings. The fourth-order valence-electron chi connectivity index (χ4n) is 0.304. The van der Waals surface area contributed by atoms with E-state index in [-0.39, 0.29) is 0 Å². The van der Waals surface area contributed by atoms with Crippen molar-refractivity contribution >= 4 is 11.9 Å². The van der Waals surface area contributed by atoms with Gasteiger partial charge in [0.2, 0.25) is 0 Å². The molecule has 0 fully saturated rings. The van der Waals surface area contributed by atoms with Gasteiger partial charge in [-0.1, -0.05) is 25.5 Å². The molecule has 0 aromatic heterocycles. The van der Waals surface area contributed by atoms with E-state index in [1.165, 1.54) is 0 Å². The van der Waals surface area contributed by atoms with E-state index in [0.717, 1.165) is 11.4 Å². The Morgan fingerprint density at radius 2 is 2.25 bits per heavy atom.